The lowest BCUT2D eigenvalue weighted by Gasteiger charge is -2.06. The predicted octanol–water partition coefficient (Wildman–Crippen LogP) is 1.33. The van der Waals surface area contributed by atoms with E-state index in [2.05, 4.69) is 37.5 Å². The topological polar surface area (TPSA) is 92.7 Å². The van der Waals surface area contributed by atoms with Crippen molar-refractivity contribution in [2.75, 3.05) is 11.9 Å². The zero-order valence-corrected chi connectivity index (χ0v) is 12.1. The molecule has 2 N–H and O–H groups in total. The number of hydrogen-bond donors (Lipinski definition) is 2. The maximum Gasteiger partial charge on any atom is 0.271 e. The molecule has 0 aliphatic rings. The third kappa shape index (κ3) is 4.48. The molecule has 0 aliphatic heterocycles. The first-order valence-corrected chi connectivity index (χ1v) is 6.81. The Bertz CT molecular complexity index is 599. The van der Waals surface area contributed by atoms with E-state index in [0.717, 1.165) is 18.7 Å². The Kier molecular flexibility index (Phi) is 5.14. The second-order valence-electron chi connectivity index (χ2n) is 4.49. The van der Waals surface area contributed by atoms with Gasteiger partial charge in [0.2, 0.25) is 0 Å². The smallest absolute Gasteiger partial charge is 0.271 e. The quantitative estimate of drug-likeness (QED) is 0.832. The minimum atomic E-state index is -0.277. The van der Waals surface area contributed by atoms with Gasteiger partial charge in [0.15, 0.2) is 0 Å². The molecule has 2 aromatic heterocycles. The number of nitrogens with one attached hydrogen (secondary N) is 2. The van der Waals surface area contributed by atoms with Crippen LogP contribution in [0.3, 0.4) is 0 Å². The SMILES string of the molecule is CCCNc1cnc(C(=O)NCc2ccnc(C)n2)cn1. The van der Waals surface area contributed by atoms with Crippen LogP contribution in [0.1, 0.15) is 35.4 Å². The summed E-state index contributed by atoms with van der Waals surface area (Å²) < 4.78 is 0. The molecule has 0 aromatic carbocycles. The van der Waals surface area contributed by atoms with E-state index in [9.17, 15) is 4.79 Å². The van der Waals surface area contributed by atoms with Crippen LogP contribution in [0.25, 0.3) is 0 Å². The van der Waals surface area contributed by atoms with E-state index in [1.807, 2.05) is 0 Å². The van der Waals surface area contributed by atoms with Crippen LogP contribution in [-0.2, 0) is 6.54 Å². The first kappa shape index (κ1) is 14.8. The average molecular weight is 286 g/mol. The van der Waals surface area contributed by atoms with Gasteiger partial charge in [-0.3, -0.25) is 4.79 Å². The second-order valence-corrected chi connectivity index (χ2v) is 4.49. The van der Waals surface area contributed by atoms with Gasteiger partial charge in [-0.05, 0) is 19.4 Å². The maximum atomic E-state index is 12.0. The molecule has 0 bridgehead atoms. The van der Waals surface area contributed by atoms with E-state index in [0.29, 0.717) is 18.2 Å². The fraction of sp³-hybridized carbons (Fsp3) is 0.357. The normalized spacial score (nSPS) is 10.2. The number of nitrogens with zero attached hydrogens (tertiary/aromatic N) is 4. The third-order valence-electron chi connectivity index (χ3n) is 2.70. The molecule has 2 rings (SSSR count). The molecule has 0 atom stereocenters. The summed E-state index contributed by atoms with van der Waals surface area (Å²) in [6, 6.07) is 1.76. The summed E-state index contributed by atoms with van der Waals surface area (Å²) in [4.78, 5) is 28.4. The van der Waals surface area contributed by atoms with Crippen LogP contribution in [-0.4, -0.2) is 32.4 Å². The number of rotatable bonds is 6. The molecule has 7 nitrogen and oxygen atoms in total. The van der Waals surface area contributed by atoms with Crippen LogP contribution in [0.4, 0.5) is 5.82 Å². The first-order chi connectivity index (χ1) is 10.2. The fourth-order valence-corrected chi connectivity index (χ4v) is 1.65. The number of aryl methyl sites for hydroxylation is 1. The molecule has 0 saturated heterocycles. The number of carbonyl (C=O) groups excluding carboxylic acids is 1. The number of anilines is 1. The van der Waals surface area contributed by atoms with Gasteiger partial charge in [-0.25, -0.2) is 19.9 Å². The molecule has 2 heterocycles. The minimum Gasteiger partial charge on any atom is -0.369 e. The van der Waals surface area contributed by atoms with Crippen LogP contribution in [0.15, 0.2) is 24.7 Å². The van der Waals surface area contributed by atoms with Gasteiger partial charge in [-0.15, -0.1) is 0 Å². The molecular weight excluding hydrogens is 268 g/mol. The van der Waals surface area contributed by atoms with Crippen LogP contribution in [0.5, 0.6) is 0 Å². The molecule has 0 saturated carbocycles. The number of hydrogen-bond acceptors (Lipinski definition) is 6. The van der Waals surface area contributed by atoms with Crippen molar-refractivity contribution in [2.45, 2.75) is 26.8 Å². The van der Waals surface area contributed by atoms with Crippen molar-refractivity contribution in [3.8, 4) is 0 Å². The van der Waals surface area contributed by atoms with Gasteiger partial charge < -0.3 is 10.6 Å². The lowest BCUT2D eigenvalue weighted by Crippen LogP contribution is -2.24. The van der Waals surface area contributed by atoms with E-state index in [1.165, 1.54) is 6.20 Å². The summed E-state index contributed by atoms with van der Waals surface area (Å²) in [6.07, 6.45) is 5.68. The van der Waals surface area contributed by atoms with Gasteiger partial charge in [-0.2, -0.15) is 0 Å². The first-order valence-electron chi connectivity index (χ1n) is 6.81. The Labute approximate surface area is 123 Å². The molecule has 0 radical (unpaired) electrons. The summed E-state index contributed by atoms with van der Waals surface area (Å²) in [5, 5.41) is 5.86. The highest BCUT2D eigenvalue weighted by Crippen LogP contribution is 2.02. The largest absolute Gasteiger partial charge is 0.369 e. The zero-order chi connectivity index (χ0) is 15.1. The summed E-state index contributed by atoms with van der Waals surface area (Å²) in [6.45, 7) is 5.03. The van der Waals surface area contributed by atoms with Crippen molar-refractivity contribution in [1.82, 2.24) is 25.3 Å². The highest BCUT2D eigenvalue weighted by Gasteiger charge is 2.08. The molecule has 0 unspecified atom stereocenters. The molecular formula is C14H18N6O. The second kappa shape index (κ2) is 7.28. The molecule has 2 aromatic rings. The summed E-state index contributed by atoms with van der Waals surface area (Å²) >= 11 is 0. The standard InChI is InChI=1S/C14H18N6O/c1-3-5-16-13-9-17-12(8-18-13)14(21)19-7-11-4-6-15-10(2)20-11/h4,6,8-9H,3,5,7H2,1-2H3,(H,16,18)(H,19,21). The van der Waals surface area contributed by atoms with E-state index < -0.39 is 0 Å². The molecule has 0 aliphatic carbocycles. The monoisotopic (exact) mass is 286 g/mol. The third-order valence-corrected chi connectivity index (χ3v) is 2.70. The number of carbonyl (C=O) groups is 1. The van der Waals surface area contributed by atoms with Gasteiger partial charge in [0.25, 0.3) is 5.91 Å². The van der Waals surface area contributed by atoms with Crippen molar-refractivity contribution in [2.24, 2.45) is 0 Å². The van der Waals surface area contributed by atoms with E-state index >= 15 is 0 Å². The Morgan fingerprint density at radius 2 is 2.10 bits per heavy atom. The Hall–Kier alpha value is -2.57. The van der Waals surface area contributed by atoms with E-state index in [4.69, 9.17) is 0 Å². The highest BCUT2D eigenvalue weighted by atomic mass is 16.1. The number of aromatic nitrogens is 4. The Morgan fingerprint density at radius 3 is 2.76 bits per heavy atom. The van der Waals surface area contributed by atoms with E-state index in [1.54, 1.807) is 25.4 Å². The van der Waals surface area contributed by atoms with Crippen LogP contribution in [0.2, 0.25) is 0 Å². The van der Waals surface area contributed by atoms with Crippen molar-refractivity contribution < 1.29 is 4.79 Å². The van der Waals surface area contributed by atoms with Crippen LogP contribution >= 0.6 is 0 Å². The lowest BCUT2D eigenvalue weighted by molar-refractivity contribution is 0.0945. The summed E-state index contributed by atoms with van der Waals surface area (Å²) in [5.74, 6) is 1.06. The summed E-state index contributed by atoms with van der Waals surface area (Å²) in [7, 11) is 0. The van der Waals surface area contributed by atoms with Gasteiger partial charge in [0, 0.05) is 12.7 Å². The Balaban J connectivity index is 1.91. The van der Waals surface area contributed by atoms with Crippen LogP contribution < -0.4 is 10.6 Å². The van der Waals surface area contributed by atoms with Crippen LogP contribution in [0, 0.1) is 6.92 Å². The molecule has 0 fully saturated rings. The summed E-state index contributed by atoms with van der Waals surface area (Å²) in [5.41, 5.74) is 1.04. The van der Waals surface area contributed by atoms with E-state index in [-0.39, 0.29) is 11.6 Å². The Morgan fingerprint density at radius 1 is 1.24 bits per heavy atom. The van der Waals surface area contributed by atoms with Crippen molar-refractivity contribution in [3.63, 3.8) is 0 Å². The zero-order valence-electron chi connectivity index (χ0n) is 12.1. The van der Waals surface area contributed by atoms with Gasteiger partial charge in [0.05, 0.1) is 24.6 Å². The fourth-order valence-electron chi connectivity index (χ4n) is 1.65. The average Bonchev–Trinajstić information content (AvgIpc) is 2.51. The van der Waals surface area contributed by atoms with Crippen molar-refractivity contribution in [1.29, 1.82) is 0 Å². The van der Waals surface area contributed by atoms with Gasteiger partial charge >= 0.3 is 0 Å². The molecule has 21 heavy (non-hydrogen) atoms. The number of amides is 1. The highest BCUT2D eigenvalue weighted by molar-refractivity contribution is 5.91. The lowest BCUT2D eigenvalue weighted by atomic mass is 10.3. The van der Waals surface area contributed by atoms with Gasteiger partial charge in [-0.1, -0.05) is 6.92 Å². The molecule has 1 amide bonds. The molecule has 7 heteroatoms. The van der Waals surface area contributed by atoms with Crippen molar-refractivity contribution in [3.05, 3.63) is 41.9 Å². The molecule has 110 valence electrons. The van der Waals surface area contributed by atoms with Crippen molar-refractivity contribution >= 4 is 11.7 Å². The molecule has 0 spiro atoms. The predicted molar refractivity (Wildman–Crippen MR) is 78.8 cm³/mol. The minimum absolute atomic E-state index is 0.277. The maximum absolute atomic E-state index is 12.0. The van der Waals surface area contributed by atoms with Gasteiger partial charge in [0.1, 0.15) is 17.3 Å².